The Morgan fingerprint density at radius 1 is 1.24 bits per heavy atom. The van der Waals surface area contributed by atoms with Crippen LogP contribution < -0.4 is 10.2 Å². The molecular weight excluding hydrogens is 336 g/mol. The van der Waals surface area contributed by atoms with Crippen LogP contribution in [0.5, 0.6) is 5.75 Å². The van der Waals surface area contributed by atoms with E-state index in [0.717, 1.165) is 12.3 Å². The van der Waals surface area contributed by atoms with Crippen LogP contribution in [-0.2, 0) is 4.79 Å². The molecule has 0 saturated heterocycles. The van der Waals surface area contributed by atoms with Gasteiger partial charge < -0.3 is 9.15 Å². The van der Waals surface area contributed by atoms with Crippen LogP contribution in [0.2, 0.25) is 0 Å². The van der Waals surface area contributed by atoms with E-state index >= 15 is 0 Å². The number of hydrogen-bond acceptors (Lipinski definition) is 8. The van der Waals surface area contributed by atoms with Crippen molar-refractivity contribution >= 4 is 23.7 Å². The molecule has 2 aromatic rings. The molecule has 0 bridgehead atoms. The molecule has 1 N–H and O–H groups in total. The third kappa shape index (κ3) is 4.60. The second-order valence-electron chi connectivity index (χ2n) is 4.65. The molecular formula is C14H12N4O7. The van der Waals surface area contributed by atoms with Gasteiger partial charge in [-0.1, -0.05) is 12.1 Å². The first-order chi connectivity index (χ1) is 11.9. The van der Waals surface area contributed by atoms with Gasteiger partial charge in [0, 0.05) is 6.07 Å². The van der Waals surface area contributed by atoms with Crippen molar-refractivity contribution in [2.75, 3.05) is 0 Å². The molecule has 1 amide bonds. The van der Waals surface area contributed by atoms with Gasteiger partial charge in [-0.15, -0.1) is 0 Å². The number of nitrogens with one attached hydrogen (secondary N) is 1. The fourth-order valence-corrected chi connectivity index (χ4v) is 1.71. The third-order valence-corrected chi connectivity index (χ3v) is 2.89. The van der Waals surface area contributed by atoms with Crippen LogP contribution in [0.15, 0.2) is 45.9 Å². The van der Waals surface area contributed by atoms with Crippen LogP contribution in [0.3, 0.4) is 0 Å². The summed E-state index contributed by atoms with van der Waals surface area (Å²) in [7, 11) is 0. The Balaban J connectivity index is 1.95. The van der Waals surface area contributed by atoms with Gasteiger partial charge in [-0.05, 0) is 19.1 Å². The number of nitro benzene ring substituents is 1. The average molecular weight is 348 g/mol. The normalized spacial score (nSPS) is 11.9. The number of para-hydroxylation sites is 2. The number of ether oxygens (including phenoxy) is 1. The van der Waals surface area contributed by atoms with Gasteiger partial charge in [0.15, 0.2) is 17.6 Å². The molecule has 11 nitrogen and oxygen atoms in total. The minimum Gasteiger partial charge on any atom is -0.474 e. The van der Waals surface area contributed by atoms with E-state index in [4.69, 9.17) is 9.15 Å². The van der Waals surface area contributed by atoms with Crippen LogP contribution in [0.1, 0.15) is 12.7 Å². The number of nitrogens with zero attached hydrogens (tertiary/aromatic N) is 3. The lowest BCUT2D eigenvalue weighted by Crippen LogP contribution is -2.33. The maximum absolute atomic E-state index is 11.9. The topological polar surface area (TPSA) is 150 Å². The van der Waals surface area contributed by atoms with Gasteiger partial charge in [0.2, 0.25) is 0 Å². The van der Waals surface area contributed by atoms with E-state index in [0.29, 0.717) is 0 Å². The average Bonchev–Trinajstić information content (AvgIpc) is 3.04. The highest BCUT2D eigenvalue weighted by Crippen LogP contribution is 2.26. The SMILES string of the molecule is CC(Oc1ccccc1[N+](=O)[O-])C(=O)NN=Cc1ccc([N+](=O)[O-])o1. The highest BCUT2D eigenvalue weighted by molar-refractivity contribution is 5.83. The van der Waals surface area contributed by atoms with E-state index in [1.807, 2.05) is 0 Å². The molecule has 0 spiro atoms. The molecule has 0 aliphatic rings. The van der Waals surface area contributed by atoms with Gasteiger partial charge in [0.25, 0.3) is 5.91 Å². The van der Waals surface area contributed by atoms with Crippen molar-refractivity contribution in [3.8, 4) is 5.75 Å². The number of amides is 1. The van der Waals surface area contributed by atoms with E-state index in [-0.39, 0.29) is 17.2 Å². The summed E-state index contributed by atoms with van der Waals surface area (Å²) in [6.45, 7) is 1.39. The number of benzene rings is 1. The molecule has 25 heavy (non-hydrogen) atoms. The maximum atomic E-state index is 11.9. The standard InChI is InChI=1S/C14H12N4O7/c1-9(24-12-5-3-2-4-11(12)17(20)21)14(19)16-15-8-10-6-7-13(25-10)18(22)23/h2-9H,1H3,(H,16,19). The van der Waals surface area contributed by atoms with Crippen molar-refractivity contribution in [1.82, 2.24) is 5.43 Å². The third-order valence-electron chi connectivity index (χ3n) is 2.89. The van der Waals surface area contributed by atoms with Gasteiger partial charge >= 0.3 is 11.6 Å². The summed E-state index contributed by atoms with van der Waals surface area (Å²) in [5.41, 5.74) is 1.87. The molecule has 1 atom stereocenters. The lowest BCUT2D eigenvalue weighted by molar-refractivity contribution is -0.402. The molecule has 1 unspecified atom stereocenters. The first-order valence-electron chi connectivity index (χ1n) is 6.85. The number of hydrogen-bond donors (Lipinski definition) is 1. The fourth-order valence-electron chi connectivity index (χ4n) is 1.71. The number of rotatable bonds is 7. The largest absolute Gasteiger partial charge is 0.474 e. The van der Waals surface area contributed by atoms with Crippen LogP contribution >= 0.6 is 0 Å². The number of furan rings is 1. The van der Waals surface area contributed by atoms with E-state index in [1.165, 1.54) is 37.3 Å². The van der Waals surface area contributed by atoms with E-state index < -0.39 is 27.7 Å². The summed E-state index contributed by atoms with van der Waals surface area (Å²) in [4.78, 5) is 31.9. The molecule has 1 aromatic carbocycles. The number of nitro groups is 2. The number of hydrazone groups is 1. The van der Waals surface area contributed by atoms with Gasteiger partial charge in [-0.25, -0.2) is 5.43 Å². The summed E-state index contributed by atoms with van der Waals surface area (Å²) in [5, 5.41) is 24.9. The van der Waals surface area contributed by atoms with Crippen LogP contribution in [-0.4, -0.2) is 28.1 Å². The summed E-state index contributed by atoms with van der Waals surface area (Å²) < 4.78 is 10.1. The summed E-state index contributed by atoms with van der Waals surface area (Å²) in [5.74, 6) is -1.11. The van der Waals surface area contributed by atoms with Gasteiger partial charge in [-0.3, -0.25) is 25.0 Å². The predicted molar refractivity (Wildman–Crippen MR) is 84.3 cm³/mol. The first-order valence-corrected chi connectivity index (χ1v) is 6.85. The highest BCUT2D eigenvalue weighted by Gasteiger charge is 2.20. The minimum absolute atomic E-state index is 0.0548. The molecule has 0 aliphatic carbocycles. The summed E-state index contributed by atoms with van der Waals surface area (Å²) >= 11 is 0. The molecule has 11 heteroatoms. The molecule has 1 heterocycles. The van der Waals surface area contributed by atoms with Crippen molar-refractivity contribution in [3.05, 3.63) is 62.4 Å². The molecule has 130 valence electrons. The van der Waals surface area contributed by atoms with Gasteiger partial charge in [0.05, 0.1) is 17.2 Å². The van der Waals surface area contributed by atoms with Crippen LogP contribution in [0.4, 0.5) is 11.6 Å². The van der Waals surface area contributed by atoms with E-state index in [1.54, 1.807) is 0 Å². The van der Waals surface area contributed by atoms with Crippen LogP contribution in [0.25, 0.3) is 0 Å². The lowest BCUT2D eigenvalue weighted by atomic mass is 10.3. The monoisotopic (exact) mass is 348 g/mol. The minimum atomic E-state index is -1.07. The zero-order valence-electron chi connectivity index (χ0n) is 12.8. The van der Waals surface area contributed by atoms with Crippen LogP contribution in [0, 0.1) is 20.2 Å². The Bertz CT molecular complexity index is 830. The van der Waals surface area contributed by atoms with Crippen molar-refractivity contribution in [2.24, 2.45) is 5.10 Å². The van der Waals surface area contributed by atoms with Gasteiger partial charge in [-0.2, -0.15) is 5.10 Å². The molecule has 0 aliphatic heterocycles. The summed E-state index contributed by atoms with van der Waals surface area (Å²) in [6, 6.07) is 8.08. The smallest absolute Gasteiger partial charge is 0.433 e. The van der Waals surface area contributed by atoms with E-state index in [2.05, 4.69) is 10.5 Å². The fraction of sp³-hybridized carbons (Fsp3) is 0.143. The lowest BCUT2D eigenvalue weighted by Gasteiger charge is -2.12. The summed E-state index contributed by atoms with van der Waals surface area (Å²) in [6.07, 6.45) is 0.00644. The zero-order valence-corrected chi connectivity index (χ0v) is 12.8. The molecule has 0 fully saturated rings. The quantitative estimate of drug-likeness (QED) is 0.456. The van der Waals surface area contributed by atoms with Crippen molar-refractivity contribution in [1.29, 1.82) is 0 Å². The van der Waals surface area contributed by atoms with Crippen molar-refractivity contribution in [3.63, 3.8) is 0 Å². The molecule has 1 aromatic heterocycles. The van der Waals surface area contributed by atoms with Crippen molar-refractivity contribution in [2.45, 2.75) is 13.0 Å². The maximum Gasteiger partial charge on any atom is 0.433 e. The highest BCUT2D eigenvalue weighted by atomic mass is 16.6. The number of carbonyl (C=O) groups is 1. The van der Waals surface area contributed by atoms with E-state index in [9.17, 15) is 25.0 Å². The number of carbonyl (C=O) groups excluding carboxylic acids is 1. The molecule has 0 saturated carbocycles. The first kappa shape index (κ1) is 17.6. The Kier molecular flexibility index (Phi) is 5.40. The Morgan fingerprint density at radius 2 is 1.96 bits per heavy atom. The second-order valence-corrected chi connectivity index (χ2v) is 4.65. The van der Waals surface area contributed by atoms with Crippen molar-refractivity contribution < 1.29 is 23.8 Å². The zero-order chi connectivity index (χ0) is 18.4. The molecule has 2 rings (SSSR count). The Morgan fingerprint density at radius 3 is 2.60 bits per heavy atom. The molecule has 0 radical (unpaired) electrons. The Hall–Kier alpha value is -3.76. The van der Waals surface area contributed by atoms with Gasteiger partial charge in [0.1, 0.15) is 4.92 Å². The predicted octanol–water partition coefficient (Wildman–Crippen LogP) is 2.01. The second kappa shape index (κ2) is 7.68. The Labute approximate surface area is 140 Å².